The van der Waals surface area contributed by atoms with Gasteiger partial charge in [0.1, 0.15) is 18.1 Å². The largest absolute Gasteiger partial charge is 0.467 e. The van der Waals surface area contributed by atoms with Crippen LogP contribution in [0.3, 0.4) is 0 Å². The third kappa shape index (κ3) is 11.9. The predicted octanol–water partition coefficient (Wildman–Crippen LogP) is 5.72. The number of benzene rings is 2. The molecular weight excluding hydrogens is 747 g/mol. The third-order valence-electron chi connectivity index (χ3n) is 11.9. The van der Waals surface area contributed by atoms with E-state index >= 15 is 0 Å². The van der Waals surface area contributed by atoms with Crippen molar-refractivity contribution >= 4 is 35.4 Å². The maximum atomic E-state index is 14.4. The Morgan fingerprint density at radius 2 is 1.46 bits per heavy atom. The third-order valence-corrected chi connectivity index (χ3v) is 11.9. The van der Waals surface area contributed by atoms with Crippen LogP contribution in [-0.4, -0.2) is 114 Å². The molecule has 2 unspecified atom stereocenters. The van der Waals surface area contributed by atoms with Crippen LogP contribution in [0.15, 0.2) is 66.2 Å². The number of likely N-dealkylation sites (N-methyl/N-ethyl adjacent to an activating group) is 1. The van der Waals surface area contributed by atoms with Crippen molar-refractivity contribution in [3.8, 4) is 0 Å². The number of hydrogen-bond donors (Lipinski definition) is 2. The smallest absolute Gasteiger partial charge is 0.328 e. The summed E-state index contributed by atoms with van der Waals surface area (Å²) >= 11 is 0. The summed E-state index contributed by atoms with van der Waals surface area (Å²) in [6.07, 6.45) is 6.63. The van der Waals surface area contributed by atoms with E-state index in [9.17, 15) is 28.8 Å². The molecule has 6 atom stereocenters. The molecule has 59 heavy (non-hydrogen) atoms. The highest BCUT2D eigenvalue weighted by atomic mass is 16.5. The molecular formula is C47H67N5O7. The summed E-state index contributed by atoms with van der Waals surface area (Å²) in [5, 5.41) is 5.98. The van der Waals surface area contributed by atoms with Crippen molar-refractivity contribution in [2.24, 2.45) is 11.3 Å². The average Bonchev–Trinajstić information content (AvgIpc) is 3.73. The highest BCUT2D eigenvalue weighted by molar-refractivity contribution is 6.09. The second kappa shape index (κ2) is 20.9. The summed E-state index contributed by atoms with van der Waals surface area (Å²) in [6.45, 7) is 17.0. The van der Waals surface area contributed by atoms with Gasteiger partial charge in [-0.15, -0.1) is 0 Å². The maximum absolute atomic E-state index is 14.4. The van der Waals surface area contributed by atoms with Crippen molar-refractivity contribution < 1.29 is 33.5 Å². The number of nitrogens with one attached hydrogen (secondary N) is 2. The van der Waals surface area contributed by atoms with E-state index in [2.05, 4.69) is 29.4 Å². The lowest BCUT2D eigenvalue weighted by Gasteiger charge is -2.41. The minimum Gasteiger partial charge on any atom is -0.467 e. The first kappa shape index (κ1) is 46.8. The van der Waals surface area contributed by atoms with E-state index in [0.717, 1.165) is 37.8 Å². The van der Waals surface area contributed by atoms with Crippen molar-refractivity contribution in [1.29, 1.82) is 0 Å². The van der Waals surface area contributed by atoms with Crippen molar-refractivity contribution in [3.63, 3.8) is 0 Å². The Labute approximate surface area is 351 Å². The van der Waals surface area contributed by atoms with E-state index in [1.807, 2.05) is 40.7 Å². The Morgan fingerprint density at radius 1 is 0.847 bits per heavy atom. The van der Waals surface area contributed by atoms with Gasteiger partial charge in [0.15, 0.2) is 5.78 Å². The summed E-state index contributed by atoms with van der Waals surface area (Å²) < 4.78 is 5.04. The molecule has 0 spiro atoms. The van der Waals surface area contributed by atoms with E-state index in [4.69, 9.17) is 4.74 Å². The van der Waals surface area contributed by atoms with Gasteiger partial charge in [-0.2, -0.15) is 0 Å². The molecule has 2 N–H and O–H groups in total. The molecule has 2 aliphatic heterocycles. The first-order valence-corrected chi connectivity index (χ1v) is 21.3. The standard InChI is InChI=1S/C47H67N5O7/c1-11-32(5)51-26-16-15-20-37(51)43(55)49-41(47(6,7)8)45(57)50(9)39(30(2)3)28-31(4)44(56)52-27-17-21-38(52)42(54)48-36(46(58)59-10)29-33-22-24-35(25-23-33)40(53)34-18-13-12-14-19-34/h12-14,18-19,22-25,28,30,32,36-39,41H,11,15-17,20-21,26-27,29H2,1-10H3,(H,48,54)(H,49,55)/b31-28+/t32?,36-,37?,38-,39+,41+/m0/s1. The second-order valence-electron chi connectivity index (χ2n) is 17.7. The molecule has 0 aromatic heterocycles. The molecule has 2 aromatic carbocycles. The fourth-order valence-electron chi connectivity index (χ4n) is 8.21. The Hall–Kier alpha value is -4.84. The van der Waals surface area contributed by atoms with Gasteiger partial charge in [0.2, 0.25) is 23.6 Å². The van der Waals surface area contributed by atoms with Gasteiger partial charge in [0.05, 0.1) is 19.2 Å². The van der Waals surface area contributed by atoms with Crippen molar-refractivity contribution in [3.05, 3.63) is 82.9 Å². The molecule has 0 bridgehead atoms. The minimum absolute atomic E-state index is 0.0775. The van der Waals surface area contributed by atoms with E-state index in [0.29, 0.717) is 36.1 Å². The van der Waals surface area contributed by atoms with Crippen molar-refractivity contribution in [2.75, 3.05) is 27.2 Å². The molecule has 2 aromatic rings. The number of hydrogen-bond acceptors (Lipinski definition) is 8. The molecule has 4 rings (SSSR count). The number of rotatable bonds is 16. The molecule has 2 fully saturated rings. The van der Waals surface area contributed by atoms with Gasteiger partial charge in [-0.1, -0.05) is 109 Å². The van der Waals surface area contributed by atoms with Gasteiger partial charge in [-0.3, -0.25) is 28.9 Å². The quantitative estimate of drug-likeness (QED) is 0.124. The van der Waals surface area contributed by atoms with E-state index < -0.39 is 41.5 Å². The summed E-state index contributed by atoms with van der Waals surface area (Å²) in [7, 11) is 2.97. The lowest BCUT2D eigenvalue weighted by Crippen LogP contribution is -2.60. The van der Waals surface area contributed by atoms with Crippen LogP contribution in [0.5, 0.6) is 0 Å². The molecule has 0 aliphatic carbocycles. The van der Waals surface area contributed by atoms with E-state index in [1.54, 1.807) is 73.5 Å². The van der Waals surface area contributed by atoms with E-state index in [-0.39, 0.29) is 47.9 Å². The summed E-state index contributed by atoms with van der Waals surface area (Å²) in [5.74, 6) is -1.98. The summed E-state index contributed by atoms with van der Waals surface area (Å²) in [6, 6.07) is 12.7. The fraction of sp³-hybridized carbons (Fsp3) is 0.574. The Balaban J connectivity index is 1.46. The summed E-state index contributed by atoms with van der Waals surface area (Å²) in [5.41, 5.74) is 1.59. The van der Waals surface area contributed by atoms with Crippen molar-refractivity contribution in [1.82, 2.24) is 25.3 Å². The van der Waals surface area contributed by atoms with Crippen molar-refractivity contribution in [2.45, 2.75) is 137 Å². The number of piperidine rings is 1. The monoisotopic (exact) mass is 814 g/mol. The van der Waals surface area contributed by atoms with Crippen LogP contribution in [0.25, 0.3) is 0 Å². The fourth-order valence-corrected chi connectivity index (χ4v) is 8.21. The topological polar surface area (TPSA) is 145 Å². The average molecular weight is 814 g/mol. The SMILES string of the molecule is CCC(C)N1CCCCC1C(=O)N[C@H](C(=O)N(C)[C@H](/C=C(\C)C(=O)N1CCC[C@H]1C(=O)N[C@@H](Cc1ccc(C(=O)c2ccccc2)cc1)C(=O)OC)C(C)C)C(C)(C)C. The van der Waals surface area contributed by atoms with Crippen LogP contribution in [0.1, 0.15) is 115 Å². The van der Waals surface area contributed by atoms with Gasteiger partial charge in [-0.25, -0.2) is 4.79 Å². The number of ether oxygens (including phenoxy) is 1. The molecule has 12 nitrogen and oxygen atoms in total. The minimum atomic E-state index is -1.02. The number of nitrogens with zero attached hydrogens (tertiary/aromatic N) is 3. The number of ketones is 1. The zero-order valence-corrected chi connectivity index (χ0v) is 36.9. The van der Waals surface area contributed by atoms with Gasteiger partial charge in [0.25, 0.3) is 0 Å². The van der Waals surface area contributed by atoms with Gasteiger partial charge < -0.3 is 25.2 Å². The Morgan fingerprint density at radius 3 is 2.05 bits per heavy atom. The zero-order chi connectivity index (χ0) is 43.6. The van der Waals surface area contributed by atoms with Crippen LogP contribution in [0.2, 0.25) is 0 Å². The molecule has 2 saturated heterocycles. The number of carbonyl (C=O) groups is 6. The van der Waals surface area contributed by atoms with Crippen LogP contribution in [0.4, 0.5) is 0 Å². The molecule has 2 aliphatic rings. The van der Waals surface area contributed by atoms with Crippen LogP contribution in [0, 0.1) is 11.3 Å². The molecule has 4 amide bonds. The zero-order valence-electron chi connectivity index (χ0n) is 36.9. The lowest BCUT2D eigenvalue weighted by atomic mass is 9.84. The Kier molecular flexibility index (Phi) is 16.6. The first-order chi connectivity index (χ1) is 27.9. The van der Waals surface area contributed by atoms with Crippen LogP contribution < -0.4 is 10.6 Å². The molecule has 0 radical (unpaired) electrons. The first-order valence-electron chi connectivity index (χ1n) is 21.3. The van der Waals surface area contributed by atoms with Gasteiger partial charge >= 0.3 is 5.97 Å². The number of likely N-dealkylation sites (tertiary alicyclic amines) is 2. The van der Waals surface area contributed by atoms with Crippen LogP contribution in [-0.2, 0) is 35.1 Å². The van der Waals surface area contributed by atoms with Gasteiger partial charge in [0, 0.05) is 42.8 Å². The number of amides is 4. The molecule has 0 saturated carbocycles. The maximum Gasteiger partial charge on any atom is 0.328 e. The number of esters is 1. The lowest BCUT2D eigenvalue weighted by molar-refractivity contribution is -0.146. The highest BCUT2D eigenvalue weighted by Gasteiger charge is 2.41. The van der Waals surface area contributed by atoms with E-state index in [1.165, 1.54) is 12.0 Å². The van der Waals surface area contributed by atoms with Gasteiger partial charge in [-0.05, 0) is 69.4 Å². The second-order valence-corrected chi connectivity index (χ2v) is 17.7. The predicted molar refractivity (Wildman–Crippen MR) is 229 cm³/mol. The molecule has 322 valence electrons. The normalized spacial score (nSPS) is 19.6. The Bertz CT molecular complexity index is 1820. The van der Waals surface area contributed by atoms with Crippen LogP contribution >= 0.6 is 0 Å². The molecule has 12 heteroatoms. The summed E-state index contributed by atoms with van der Waals surface area (Å²) in [4.78, 5) is 87.4. The molecule has 2 heterocycles. The number of methoxy groups -OCH3 is 1. The number of carbonyl (C=O) groups excluding carboxylic acids is 6. The highest BCUT2D eigenvalue weighted by Crippen LogP contribution is 2.27.